The van der Waals surface area contributed by atoms with E-state index in [1.807, 2.05) is 4.72 Å². The minimum Gasteiger partial charge on any atom is -1.00 e. The SMILES string of the molecule is O=C1CN(c2cc3cc(O)ccc3cc2O)S(=O)(=O)N1.[H-].[K+]. The topological polar surface area (TPSA) is 107 Å². The van der Waals surface area contributed by atoms with Gasteiger partial charge in [0.05, 0.1) is 5.69 Å². The van der Waals surface area contributed by atoms with Gasteiger partial charge in [-0.15, -0.1) is 0 Å². The number of phenols is 2. The van der Waals surface area contributed by atoms with Crippen LogP contribution in [0.15, 0.2) is 30.3 Å². The van der Waals surface area contributed by atoms with Crippen LogP contribution in [0.2, 0.25) is 0 Å². The second kappa shape index (κ2) is 5.74. The molecule has 0 bridgehead atoms. The maximum absolute atomic E-state index is 11.8. The minimum absolute atomic E-state index is 0. The van der Waals surface area contributed by atoms with E-state index >= 15 is 0 Å². The van der Waals surface area contributed by atoms with Gasteiger partial charge in [-0.3, -0.25) is 4.79 Å². The summed E-state index contributed by atoms with van der Waals surface area (Å²) in [6.07, 6.45) is 0. The van der Waals surface area contributed by atoms with E-state index in [9.17, 15) is 23.4 Å². The Hall–Kier alpha value is -0.844. The first-order valence-corrected chi connectivity index (χ1v) is 7.10. The molecule has 9 heteroatoms. The number of rotatable bonds is 1. The van der Waals surface area contributed by atoms with Crippen molar-refractivity contribution >= 4 is 32.6 Å². The van der Waals surface area contributed by atoms with Crippen molar-refractivity contribution in [1.82, 2.24) is 4.72 Å². The van der Waals surface area contributed by atoms with Gasteiger partial charge in [-0.2, -0.15) is 8.42 Å². The number of nitrogens with zero attached hydrogens (tertiary/aromatic N) is 1. The third-order valence-corrected chi connectivity index (χ3v) is 4.40. The van der Waals surface area contributed by atoms with Crippen LogP contribution >= 0.6 is 0 Å². The molecule has 21 heavy (non-hydrogen) atoms. The molecule has 1 amide bonds. The number of nitrogens with one attached hydrogen (secondary N) is 1. The molecule has 1 aliphatic heterocycles. The Morgan fingerprint density at radius 3 is 2.48 bits per heavy atom. The zero-order valence-electron chi connectivity index (χ0n) is 12.1. The maximum Gasteiger partial charge on any atom is 1.00 e. The first kappa shape index (κ1) is 16.5. The summed E-state index contributed by atoms with van der Waals surface area (Å²) in [5.41, 5.74) is -0.0125. The van der Waals surface area contributed by atoms with Crippen LogP contribution in [-0.4, -0.2) is 31.1 Å². The van der Waals surface area contributed by atoms with E-state index < -0.39 is 16.1 Å². The normalized spacial score (nSPS) is 16.6. The minimum atomic E-state index is -3.98. The largest absolute Gasteiger partial charge is 1.00 e. The van der Waals surface area contributed by atoms with Gasteiger partial charge in [0.2, 0.25) is 0 Å². The summed E-state index contributed by atoms with van der Waals surface area (Å²) in [5, 5.41) is 20.6. The molecule has 0 aromatic heterocycles. The molecular formula is C12H11KN2O5S. The van der Waals surface area contributed by atoms with Crippen LogP contribution in [0.4, 0.5) is 5.69 Å². The van der Waals surface area contributed by atoms with Gasteiger partial charge in [-0.05, 0) is 35.0 Å². The fourth-order valence-corrected chi connectivity index (χ4v) is 3.28. The van der Waals surface area contributed by atoms with Crippen LogP contribution in [0.1, 0.15) is 1.43 Å². The zero-order chi connectivity index (χ0) is 14.5. The number of benzene rings is 2. The molecule has 2 aromatic carbocycles. The summed E-state index contributed by atoms with van der Waals surface area (Å²) >= 11 is 0. The molecule has 2 aromatic rings. The van der Waals surface area contributed by atoms with Gasteiger partial charge >= 0.3 is 61.6 Å². The predicted octanol–water partition coefficient (Wildman–Crippen LogP) is -2.45. The van der Waals surface area contributed by atoms with Gasteiger partial charge < -0.3 is 11.6 Å². The van der Waals surface area contributed by atoms with Crippen molar-refractivity contribution in [3.63, 3.8) is 0 Å². The number of carbonyl (C=O) groups is 1. The zero-order valence-corrected chi connectivity index (χ0v) is 15.0. The number of anilines is 1. The molecule has 0 saturated carbocycles. The summed E-state index contributed by atoms with van der Waals surface area (Å²) < 4.78 is 26.1. The molecule has 0 radical (unpaired) electrons. The Morgan fingerprint density at radius 1 is 1.14 bits per heavy atom. The maximum atomic E-state index is 11.8. The standard InChI is InChI=1S/C12H10N2O5S.K.H/c15-9-2-1-7-5-11(16)10(4-8(7)3-9)14-6-12(17)13-20(14,18)19;;/h1-5,15-16H,6H2,(H,13,17);;/q;+1;-1. The summed E-state index contributed by atoms with van der Waals surface area (Å²) in [5.74, 6) is -0.906. The van der Waals surface area contributed by atoms with Gasteiger partial charge in [0, 0.05) is 0 Å². The summed E-state index contributed by atoms with van der Waals surface area (Å²) in [7, 11) is -3.98. The van der Waals surface area contributed by atoms with Crippen molar-refractivity contribution in [3.05, 3.63) is 30.3 Å². The number of hydrogen-bond acceptors (Lipinski definition) is 5. The summed E-state index contributed by atoms with van der Waals surface area (Å²) in [6.45, 7) is -0.389. The Labute approximate surface area is 164 Å². The number of amides is 1. The van der Waals surface area contributed by atoms with Crippen molar-refractivity contribution in [2.24, 2.45) is 0 Å². The van der Waals surface area contributed by atoms with Crippen LogP contribution in [0.3, 0.4) is 0 Å². The monoisotopic (exact) mass is 334 g/mol. The molecule has 1 fully saturated rings. The molecule has 0 unspecified atom stereocenters. The quantitative estimate of drug-likeness (QED) is 0.502. The van der Waals surface area contributed by atoms with E-state index in [4.69, 9.17) is 0 Å². The van der Waals surface area contributed by atoms with Gasteiger partial charge in [0.25, 0.3) is 5.91 Å². The van der Waals surface area contributed by atoms with Crippen molar-refractivity contribution in [1.29, 1.82) is 0 Å². The van der Waals surface area contributed by atoms with Gasteiger partial charge in [0.15, 0.2) is 0 Å². The van der Waals surface area contributed by atoms with Crippen molar-refractivity contribution < 1.29 is 76.2 Å². The third-order valence-electron chi connectivity index (χ3n) is 3.01. The molecule has 3 rings (SSSR count). The van der Waals surface area contributed by atoms with Gasteiger partial charge in [-0.1, -0.05) is 6.07 Å². The molecule has 0 atom stereocenters. The molecule has 3 N–H and O–H groups in total. The van der Waals surface area contributed by atoms with Crippen LogP contribution < -0.4 is 60.4 Å². The Morgan fingerprint density at radius 2 is 1.86 bits per heavy atom. The van der Waals surface area contributed by atoms with E-state index in [1.165, 1.54) is 24.3 Å². The molecule has 1 aliphatic rings. The molecule has 1 saturated heterocycles. The van der Waals surface area contributed by atoms with Crippen molar-refractivity contribution in [2.75, 3.05) is 10.8 Å². The second-order valence-electron chi connectivity index (χ2n) is 4.41. The fourth-order valence-electron chi connectivity index (χ4n) is 2.12. The summed E-state index contributed by atoms with van der Waals surface area (Å²) in [6, 6.07) is 7.27. The Bertz CT molecular complexity index is 843. The van der Waals surface area contributed by atoms with E-state index in [0.717, 1.165) is 4.31 Å². The predicted molar refractivity (Wildman–Crippen MR) is 72.8 cm³/mol. The van der Waals surface area contributed by atoms with E-state index in [2.05, 4.69) is 0 Å². The van der Waals surface area contributed by atoms with Crippen molar-refractivity contribution in [3.8, 4) is 11.5 Å². The average Bonchev–Trinajstić information content (AvgIpc) is 2.62. The number of fused-ring (bicyclic) bond motifs is 1. The number of hydrogen-bond donors (Lipinski definition) is 3. The number of phenolic OH excluding ortho intramolecular Hbond substituents is 2. The van der Waals surface area contributed by atoms with Gasteiger partial charge in [0.1, 0.15) is 18.0 Å². The fraction of sp³-hybridized carbons (Fsp3) is 0.0833. The van der Waals surface area contributed by atoms with Crippen molar-refractivity contribution in [2.45, 2.75) is 0 Å². The molecular weight excluding hydrogens is 323 g/mol. The Kier molecular flexibility index (Phi) is 4.52. The van der Waals surface area contributed by atoms with Crippen LogP contribution in [0, 0.1) is 0 Å². The Balaban J connectivity index is 0.00000121. The number of aromatic hydroxyl groups is 2. The molecule has 0 aliphatic carbocycles. The first-order valence-electron chi connectivity index (χ1n) is 5.66. The van der Waals surface area contributed by atoms with E-state index in [1.54, 1.807) is 6.07 Å². The van der Waals surface area contributed by atoms with Gasteiger partial charge in [-0.25, -0.2) is 9.03 Å². The summed E-state index contributed by atoms with van der Waals surface area (Å²) in [4.78, 5) is 11.2. The molecule has 106 valence electrons. The second-order valence-corrected chi connectivity index (χ2v) is 6.00. The smallest absolute Gasteiger partial charge is 1.00 e. The van der Waals surface area contributed by atoms with E-state index in [0.29, 0.717) is 10.8 Å². The molecule has 7 nitrogen and oxygen atoms in total. The van der Waals surface area contributed by atoms with Crippen LogP contribution in [0.25, 0.3) is 10.8 Å². The average molecular weight is 334 g/mol. The van der Waals surface area contributed by atoms with Crippen LogP contribution in [-0.2, 0) is 15.0 Å². The third kappa shape index (κ3) is 3.03. The van der Waals surface area contributed by atoms with E-state index in [-0.39, 0.29) is 76.5 Å². The number of carbonyl (C=O) groups excluding carboxylic acids is 1. The molecule has 1 heterocycles. The van der Waals surface area contributed by atoms with Crippen LogP contribution in [0.5, 0.6) is 11.5 Å². The first-order chi connectivity index (χ1) is 9.37. The molecule has 0 spiro atoms.